The van der Waals surface area contributed by atoms with Gasteiger partial charge >= 0.3 is 0 Å². The molecule has 9 nitrogen and oxygen atoms in total. The third kappa shape index (κ3) is 5.75. The summed E-state index contributed by atoms with van der Waals surface area (Å²) >= 11 is 7.52. The topological polar surface area (TPSA) is 120 Å². The zero-order valence-corrected chi connectivity index (χ0v) is 22.0. The second-order valence-corrected chi connectivity index (χ2v) is 10.3. The molecule has 1 amide bonds. The summed E-state index contributed by atoms with van der Waals surface area (Å²) in [4.78, 5) is 30.6. The molecule has 12 heteroatoms. The lowest BCUT2D eigenvalue weighted by Crippen LogP contribution is -2.47. The molecule has 3 aromatic rings. The molecular weight excluding hydrogens is 505 g/mol. The predicted octanol–water partition coefficient (Wildman–Crippen LogP) is 3.78. The Kier molecular flexibility index (Phi) is 8.04. The van der Waals surface area contributed by atoms with E-state index < -0.39 is 11.7 Å². The van der Waals surface area contributed by atoms with E-state index >= 15 is 0 Å². The molecule has 0 radical (unpaired) electrons. The molecule has 192 valence electrons. The molecular formula is C24H29ClFN7O2S. The number of hydrogen-bond acceptors (Lipinski definition) is 9. The third-order valence-corrected chi connectivity index (χ3v) is 7.25. The Morgan fingerprint density at radius 2 is 1.94 bits per heavy atom. The molecule has 4 rings (SSSR count). The molecule has 3 heterocycles. The minimum Gasteiger partial charge on any atom is -0.395 e. The van der Waals surface area contributed by atoms with Gasteiger partial charge in [-0.05, 0) is 30.5 Å². The van der Waals surface area contributed by atoms with Crippen LogP contribution in [0.2, 0.25) is 5.02 Å². The molecule has 4 N–H and O–H groups in total. The molecule has 0 saturated carbocycles. The number of nitrogens with one attached hydrogen (secondary N) is 1. The van der Waals surface area contributed by atoms with E-state index in [1.165, 1.54) is 12.1 Å². The molecule has 1 saturated heterocycles. The van der Waals surface area contributed by atoms with E-state index in [1.807, 2.05) is 26.8 Å². The SMILES string of the molecule is Cc1nc(Nc2nc(-c3c(Cl)cc(F)cc3C(C)C)c(C(N)=O)s2)cc(N2CCN(CCO)CC2)n1. The van der Waals surface area contributed by atoms with Crippen molar-refractivity contribution < 1.29 is 14.3 Å². The number of primary amides is 1. The lowest BCUT2D eigenvalue weighted by molar-refractivity contribution is 0.100. The number of carbonyl (C=O) groups is 1. The Morgan fingerprint density at radius 1 is 1.22 bits per heavy atom. The summed E-state index contributed by atoms with van der Waals surface area (Å²) in [5.41, 5.74) is 7.12. The molecule has 1 aliphatic heterocycles. The number of nitrogens with zero attached hydrogens (tertiary/aromatic N) is 5. The highest BCUT2D eigenvalue weighted by Crippen LogP contribution is 2.40. The maximum Gasteiger partial charge on any atom is 0.261 e. The van der Waals surface area contributed by atoms with Crippen molar-refractivity contribution in [2.75, 3.05) is 49.5 Å². The fraction of sp³-hybridized carbons (Fsp3) is 0.417. The van der Waals surface area contributed by atoms with Gasteiger partial charge in [0.05, 0.1) is 17.3 Å². The Morgan fingerprint density at radius 3 is 2.58 bits per heavy atom. The highest BCUT2D eigenvalue weighted by molar-refractivity contribution is 7.18. The molecule has 36 heavy (non-hydrogen) atoms. The van der Waals surface area contributed by atoms with Gasteiger partial charge in [0.15, 0.2) is 5.13 Å². The quantitative estimate of drug-likeness (QED) is 0.400. The number of aryl methyl sites for hydroxylation is 1. The van der Waals surface area contributed by atoms with Crippen molar-refractivity contribution in [3.8, 4) is 11.3 Å². The average Bonchev–Trinajstić information content (AvgIpc) is 3.22. The number of carbonyl (C=O) groups excluding carboxylic acids is 1. The van der Waals surface area contributed by atoms with Gasteiger partial charge in [0, 0.05) is 44.4 Å². The van der Waals surface area contributed by atoms with E-state index in [9.17, 15) is 14.3 Å². The summed E-state index contributed by atoms with van der Waals surface area (Å²) in [5.74, 6) is 0.735. The number of halogens is 2. The second kappa shape index (κ2) is 11.0. The van der Waals surface area contributed by atoms with Gasteiger partial charge in [0.2, 0.25) is 0 Å². The van der Waals surface area contributed by atoms with Crippen LogP contribution in [0.5, 0.6) is 0 Å². The van der Waals surface area contributed by atoms with Crippen molar-refractivity contribution in [1.82, 2.24) is 19.9 Å². The molecule has 1 fully saturated rings. The van der Waals surface area contributed by atoms with Gasteiger partial charge in [-0.25, -0.2) is 19.3 Å². The van der Waals surface area contributed by atoms with Gasteiger partial charge < -0.3 is 21.1 Å². The monoisotopic (exact) mass is 533 g/mol. The summed E-state index contributed by atoms with van der Waals surface area (Å²) in [5, 5.41) is 12.9. The number of benzene rings is 1. The third-order valence-electron chi connectivity index (χ3n) is 5.97. The number of amides is 1. The van der Waals surface area contributed by atoms with Crippen molar-refractivity contribution in [3.05, 3.63) is 45.3 Å². The van der Waals surface area contributed by atoms with Crippen LogP contribution in [-0.2, 0) is 0 Å². The van der Waals surface area contributed by atoms with E-state index in [0.717, 1.165) is 43.3 Å². The number of anilines is 3. The first kappa shape index (κ1) is 26.2. The number of β-amino-alcohol motifs (C(OH)–C–C–N with tert-alkyl or cyclic N) is 1. The summed E-state index contributed by atoms with van der Waals surface area (Å²) in [6.07, 6.45) is 0. The second-order valence-electron chi connectivity index (χ2n) is 8.90. The van der Waals surface area contributed by atoms with Crippen molar-refractivity contribution in [2.45, 2.75) is 26.7 Å². The van der Waals surface area contributed by atoms with Crippen LogP contribution in [0.4, 0.5) is 21.2 Å². The van der Waals surface area contributed by atoms with Crippen molar-refractivity contribution >= 4 is 45.6 Å². The van der Waals surface area contributed by atoms with Gasteiger partial charge in [0.1, 0.15) is 28.2 Å². The van der Waals surface area contributed by atoms with Gasteiger partial charge in [-0.3, -0.25) is 9.69 Å². The minimum atomic E-state index is -0.647. The van der Waals surface area contributed by atoms with Crippen LogP contribution in [0.3, 0.4) is 0 Å². The first-order chi connectivity index (χ1) is 17.2. The molecule has 0 aliphatic carbocycles. The van der Waals surface area contributed by atoms with Crippen LogP contribution in [0.1, 0.15) is 40.8 Å². The number of aromatic nitrogens is 3. The summed E-state index contributed by atoms with van der Waals surface area (Å²) in [6.45, 7) is 9.68. The zero-order chi connectivity index (χ0) is 26.0. The van der Waals surface area contributed by atoms with Crippen LogP contribution in [-0.4, -0.2) is 70.2 Å². The smallest absolute Gasteiger partial charge is 0.261 e. The van der Waals surface area contributed by atoms with Crippen molar-refractivity contribution in [1.29, 1.82) is 0 Å². The largest absolute Gasteiger partial charge is 0.395 e. The molecule has 1 aliphatic rings. The number of rotatable bonds is 8. The van der Waals surface area contributed by atoms with Crippen LogP contribution in [0.15, 0.2) is 18.2 Å². The van der Waals surface area contributed by atoms with Gasteiger partial charge in [-0.1, -0.05) is 36.8 Å². The fourth-order valence-corrected chi connectivity index (χ4v) is 5.37. The van der Waals surface area contributed by atoms with Crippen LogP contribution < -0.4 is 16.0 Å². The summed E-state index contributed by atoms with van der Waals surface area (Å²) in [6, 6.07) is 4.45. The Hall–Kier alpha value is -2.86. The molecule has 1 aromatic carbocycles. The summed E-state index contributed by atoms with van der Waals surface area (Å²) in [7, 11) is 0. The first-order valence-corrected chi connectivity index (χ1v) is 12.9. The number of hydrogen-bond donors (Lipinski definition) is 3. The molecule has 0 bridgehead atoms. The zero-order valence-electron chi connectivity index (χ0n) is 20.4. The molecule has 0 atom stereocenters. The van der Waals surface area contributed by atoms with E-state index in [-0.39, 0.29) is 22.4 Å². The maximum absolute atomic E-state index is 14.1. The standard InChI is InChI=1S/C24H29ClFN7O2S/c1-13(2)16-10-15(26)11-17(25)20(16)21-22(23(27)35)36-24(31-21)30-18-12-19(29-14(3)28-18)33-6-4-32(5-7-33)8-9-34/h10-13,34H,4-9H2,1-3H3,(H2,27,35)(H,28,29,30,31). The Balaban J connectivity index is 1.65. The van der Waals surface area contributed by atoms with Crippen LogP contribution in [0.25, 0.3) is 11.3 Å². The van der Waals surface area contributed by atoms with Crippen LogP contribution >= 0.6 is 22.9 Å². The minimum absolute atomic E-state index is 0.0584. The van der Waals surface area contributed by atoms with Gasteiger partial charge in [-0.15, -0.1) is 0 Å². The van der Waals surface area contributed by atoms with Crippen LogP contribution in [0, 0.1) is 12.7 Å². The van der Waals surface area contributed by atoms with E-state index in [2.05, 4.69) is 30.1 Å². The van der Waals surface area contributed by atoms with Gasteiger partial charge in [0.25, 0.3) is 5.91 Å². The van der Waals surface area contributed by atoms with E-state index in [4.69, 9.17) is 17.3 Å². The fourth-order valence-electron chi connectivity index (χ4n) is 4.24. The van der Waals surface area contributed by atoms with Crippen molar-refractivity contribution in [3.63, 3.8) is 0 Å². The first-order valence-electron chi connectivity index (χ1n) is 11.7. The number of piperazine rings is 1. The lowest BCUT2D eigenvalue weighted by Gasteiger charge is -2.35. The maximum atomic E-state index is 14.1. The van der Waals surface area contributed by atoms with Gasteiger partial charge in [-0.2, -0.15) is 0 Å². The molecule has 2 aromatic heterocycles. The highest BCUT2D eigenvalue weighted by atomic mass is 35.5. The molecule has 0 spiro atoms. The number of thiazole rings is 1. The number of nitrogens with two attached hydrogens (primary N) is 1. The normalized spacial score (nSPS) is 14.5. The Labute approximate surface area is 218 Å². The number of aliphatic hydroxyl groups excluding tert-OH is 1. The lowest BCUT2D eigenvalue weighted by atomic mass is 9.94. The van der Waals surface area contributed by atoms with Crippen molar-refractivity contribution in [2.24, 2.45) is 5.73 Å². The summed E-state index contributed by atoms with van der Waals surface area (Å²) < 4.78 is 14.1. The predicted molar refractivity (Wildman–Crippen MR) is 141 cm³/mol. The highest BCUT2D eigenvalue weighted by Gasteiger charge is 2.25. The van der Waals surface area contributed by atoms with E-state index in [0.29, 0.717) is 40.1 Å². The average molecular weight is 534 g/mol. The Bertz CT molecular complexity index is 1260. The number of aliphatic hydroxyl groups is 1. The van der Waals surface area contributed by atoms with E-state index in [1.54, 1.807) is 0 Å². The molecule has 0 unspecified atom stereocenters.